The number of sulfonamides is 1. The van der Waals surface area contributed by atoms with Crippen LogP contribution < -0.4 is 5.32 Å². The van der Waals surface area contributed by atoms with Gasteiger partial charge in [-0.1, -0.05) is 42.5 Å². The van der Waals surface area contributed by atoms with Gasteiger partial charge in [0.2, 0.25) is 15.9 Å². The Hall–Kier alpha value is -2.25. The minimum atomic E-state index is -3.43. The molecule has 0 aromatic heterocycles. The second-order valence-electron chi connectivity index (χ2n) is 5.68. The van der Waals surface area contributed by atoms with Gasteiger partial charge in [0, 0.05) is 19.5 Å². The monoisotopic (exact) mass is 364 g/mol. The van der Waals surface area contributed by atoms with E-state index in [4.69, 9.17) is 0 Å². The SMILES string of the molecule is CS(=O)(=O)N(CCC(=O)Nc1ccccc1F)CCc1ccccc1. The van der Waals surface area contributed by atoms with Crippen molar-refractivity contribution in [1.82, 2.24) is 4.31 Å². The second kappa shape index (κ2) is 8.73. The number of benzene rings is 2. The van der Waals surface area contributed by atoms with Gasteiger partial charge in [-0.15, -0.1) is 0 Å². The number of amides is 1. The zero-order valence-corrected chi connectivity index (χ0v) is 14.8. The van der Waals surface area contributed by atoms with Crippen LogP contribution >= 0.6 is 0 Å². The van der Waals surface area contributed by atoms with E-state index in [1.165, 1.54) is 22.5 Å². The first-order valence-corrected chi connectivity index (χ1v) is 9.74. The molecule has 0 unspecified atom stereocenters. The summed E-state index contributed by atoms with van der Waals surface area (Å²) in [6.45, 7) is 0.335. The van der Waals surface area contributed by atoms with Crippen molar-refractivity contribution in [2.45, 2.75) is 12.8 Å². The fourth-order valence-corrected chi connectivity index (χ4v) is 3.19. The van der Waals surface area contributed by atoms with Crippen LogP contribution in [0, 0.1) is 5.82 Å². The van der Waals surface area contributed by atoms with Crippen molar-refractivity contribution in [2.75, 3.05) is 24.7 Å². The van der Waals surface area contributed by atoms with Crippen LogP contribution in [0.25, 0.3) is 0 Å². The summed E-state index contributed by atoms with van der Waals surface area (Å²) in [6.07, 6.45) is 1.63. The molecule has 7 heteroatoms. The van der Waals surface area contributed by atoms with E-state index in [-0.39, 0.29) is 25.2 Å². The van der Waals surface area contributed by atoms with Crippen molar-refractivity contribution in [3.8, 4) is 0 Å². The van der Waals surface area contributed by atoms with Crippen LogP contribution in [0.15, 0.2) is 54.6 Å². The summed E-state index contributed by atoms with van der Waals surface area (Å²) in [7, 11) is -3.43. The fraction of sp³-hybridized carbons (Fsp3) is 0.278. The largest absolute Gasteiger partial charge is 0.324 e. The van der Waals surface area contributed by atoms with E-state index in [1.807, 2.05) is 30.3 Å². The van der Waals surface area contributed by atoms with Gasteiger partial charge >= 0.3 is 0 Å². The Bertz CT molecular complexity index is 810. The van der Waals surface area contributed by atoms with Crippen molar-refractivity contribution < 1.29 is 17.6 Å². The summed E-state index contributed by atoms with van der Waals surface area (Å²) in [5.41, 5.74) is 1.11. The first-order chi connectivity index (χ1) is 11.9. The summed E-state index contributed by atoms with van der Waals surface area (Å²) in [4.78, 5) is 12.0. The number of carbonyl (C=O) groups is 1. The Labute approximate surface area is 147 Å². The van der Waals surface area contributed by atoms with E-state index in [9.17, 15) is 17.6 Å². The summed E-state index contributed by atoms with van der Waals surface area (Å²) in [5.74, 6) is -0.960. The normalized spacial score (nSPS) is 11.5. The van der Waals surface area contributed by atoms with Gasteiger partial charge < -0.3 is 5.32 Å². The lowest BCUT2D eigenvalue weighted by Gasteiger charge is -2.19. The van der Waals surface area contributed by atoms with Crippen LogP contribution in [0.1, 0.15) is 12.0 Å². The number of nitrogens with zero attached hydrogens (tertiary/aromatic N) is 1. The molecule has 0 aliphatic carbocycles. The maximum absolute atomic E-state index is 13.5. The predicted molar refractivity (Wildman–Crippen MR) is 96.2 cm³/mol. The Kier molecular flexibility index (Phi) is 6.66. The highest BCUT2D eigenvalue weighted by atomic mass is 32.2. The van der Waals surface area contributed by atoms with Gasteiger partial charge in [0.1, 0.15) is 5.82 Å². The molecule has 1 N–H and O–H groups in total. The number of hydrogen-bond acceptors (Lipinski definition) is 3. The van der Waals surface area contributed by atoms with Gasteiger partial charge in [-0.2, -0.15) is 0 Å². The molecule has 2 aromatic rings. The van der Waals surface area contributed by atoms with Gasteiger partial charge in [-0.3, -0.25) is 4.79 Å². The summed E-state index contributed by atoms with van der Waals surface area (Å²) in [5, 5.41) is 2.46. The summed E-state index contributed by atoms with van der Waals surface area (Å²) < 4.78 is 38.6. The lowest BCUT2D eigenvalue weighted by molar-refractivity contribution is -0.116. The van der Waals surface area contributed by atoms with Gasteiger partial charge in [0.15, 0.2) is 0 Å². The smallest absolute Gasteiger partial charge is 0.225 e. The van der Waals surface area contributed by atoms with Gasteiger partial charge in [0.05, 0.1) is 11.9 Å². The molecule has 0 atom stereocenters. The number of nitrogens with one attached hydrogen (secondary N) is 1. The lowest BCUT2D eigenvalue weighted by Crippen LogP contribution is -2.34. The zero-order valence-electron chi connectivity index (χ0n) is 14.0. The van der Waals surface area contributed by atoms with E-state index in [0.717, 1.165) is 11.8 Å². The van der Waals surface area contributed by atoms with Gasteiger partial charge in [-0.25, -0.2) is 17.1 Å². The molecule has 0 aliphatic rings. The minimum absolute atomic E-state index is 0.0454. The van der Waals surface area contributed by atoms with E-state index in [2.05, 4.69) is 5.32 Å². The average molecular weight is 364 g/mol. The molecule has 2 rings (SSSR count). The fourth-order valence-electron chi connectivity index (χ4n) is 2.34. The Balaban J connectivity index is 1.91. The van der Waals surface area contributed by atoms with Crippen molar-refractivity contribution in [3.63, 3.8) is 0 Å². The average Bonchev–Trinajstić information content (AvgIpc) is 2.56. The summed E-state index contributed by atoms with van der Waals surface area (Å²) >= 11 is 0. The number of halogens is 1. The molecule has 1 amide bonds. The highest BCUT2D eigenvalue weighted by molar-refractivity contribution is 7.88. The molecule has 0 radical (unpaired) electrons. The Morgan fingerprint density at radius 2 is 1.68 bits per heavy atom. The van der Waals surface area contributed by atoms with Crippen LogP contribution in [0.2, 0.25) is 0 Å². The maximum atomic E-state index is 13.5. The van der Waals surface area contributed by atoms with E-state index < -0.39 is 21.7 Å². The van der Waals surface area contributed by atoms with Crippen molar-refractivity contribution in [2.24, 2.45) is 0 Å². The minimum Gasteiger partial charge on any atom is -0.324 e. The number of para-hydroxylation sites is 1. The summed E-state index contributed by atoms with van der Waals surface area (Å²) in [6, 6.07) is 15.4. The molecule has 2 aromatic carbocycles. The highest BCUT2D eigenvalue weighted by Gasteiger charge is 2.18. The topological polar surface area (TPSA) is 66.5 Å². The quantitative estimate of drug-likeness (QED) is 0.783. The third-order valence-electron chi connectivity index (χ3n) is 3.70. The third kappa shape index (κ3) is 6.28. The highest BCUT2D eigenvalue weighted by Crippen LogP contribution is 2.13. The first-order valence-electron chi connectivity index (χ1n) is 7.89. The van der Waals surface area contributed by atoms with Crippen molar-refractivity contribution >= 4 is 21.6 Å². The third-order valence-corrected chi connectivity index (χ3v) is 5.00. The number of rotatable bonds is 8. The molecule has 0 saturated carbocycles. The zero-order chi connectivity index (χ0) is 18.3. The number of hydrogen-bond donors (Lipinski definition) is 1. The first kappa shape index (κ1) is 19.1. The van der Waals surface area contributed by atoms with E-state index >= 15 is 0 Å². The van der Waals surface area contributed by atoms with Gasteiger partial charge in [-0.05, 0) is 24.1 Å². The lowest BCUT2D eigenvalue weighted by atomic mass is 10.1. The van der Waals surface area contributed by atoms with Crippen molar-refractivity contribution in [1.29, 1.82) is 0 Å². The molecular weight excluding hydrogens is 343 g/mol. The Morgan fingerprint density at radius 3 is 2.32 bits per heavy atom. The van der Waals surface area contributed by atoms with Crippen LogP contribution in [-0.4, -0.2) is 38.0 Å². The molecule has 0 bridgehead atoms. The molecule has 25 heavy (non-hydrogen) atoms. The van der Waals surface area contributed by atoms with E-state index in [1.54, 1.807) is 6.07 Å². The number of carbonyl (C=O) groups excluding carboxylic acids is 1. The molecule has 0 spiro atoms. The maximum Gasteiger partial charge on any atom is 0.225 e. The standard InChI is InChI=1S/C18H21FN2O3S/c1-25(23,24)21(13-11-15-7-3-2-4-8-15)14-12-18(22)20-17-10-6-5-9-16(17)19/h2-10H,11-14H2,1H3,(H,20,22). The molecule has 5 nitrogen and oxygen atoms in total. The molecule has 0 heterocycles. The van der Waals surface area contributed by atoms with E-state index in [0.29, 0.717) is 6.42 Å². The van der Waals surface area contributed by atoms with Crippen LogP contribution in [-0.2, 0) is 21.2 Å². The van der Waals surface area contributed by atoms with Crippen LogP contribution in [0.3, 0.4) is 0 Å². The molecule has 134 valence electrons. The Morgan fingerprint density at radius 1 is 1.04 bits per heavy atom. The van der Waals surface area contributed by atoms with Crippen LogP contribution in [0.5, 0.6) is 0 Å². The van der Waals surface area contributed by atoms with Crippen LogP contribution in [0.4, 0.5) is 10.1 Å². The van der Waals surface area contributed by atoms with Crippen molar-refractivity contribution in [3.05, 3.63) is 66.0 Å². The number of anilines is 1. The second-order valence-corrected chi connectivity index (χ2v) is 7.66. The van der Waals surface area contributed by atoms with Gasteiger partial charge in [0.25, 0.3) is 0 Å². The predicted octanol–water partition coefficient (Wildman–Crippen LogP) is 2.66. The molecule has 0 aliphatic heterocycles. The molecule has 0 fully saturated rings. The molecule has 0 saturated heterocycles. The molecular formula is C18H21FN2O3S.